The number of aromatic nitrogens is 3. The average molecular weight is 865 g/mol. The minimum atomic E-state index is 0.704. The van der Waals surface area contributed by atoms with Gasteiger partial charge in [0.25, 0.3) is 0 Å². The summed E-state index contributed by atoms with van der Waals surface area (Å²) in [5.41, 5.74) is 18.8. The fraction of sp³-hybridized carbons (Fsp3) is 0.468. The third-order valence-electron chi connectivity index (χ3n) is 15.9. The normalized spacial score (nSPS) is 23.1. The first-order valence-electron chi connectivity index (χ1n) is 25.8. The van der Waals surface area contributed by atoms with Crippen LogP contribution in [0.2, 0.25) is 0 Å². The van der Waals surface area contributed by atoms with Gasteiger partial charge in [0, 0.05) is 52.6 Å². The highest BCUT2D eigenvalue weighted by atomic mass is 14.9. The summed E-state index contributed by atoms with van der Waals surface area (Å²) in [6, 6.07) is 39.1. The van der Waals surface area contributed by atoms with Crippen molar-refractivity contribution in [1.82, 2.24) is 0 Å². The van der Waals surface area contributed by atoms with Gasteiger partial charge in [0.1, 0.15) is 21.1 Å². The molecule has 6 atom stereocenters. The van der Waals surface area contributed by atoms with Crippen LogP contribution >= 0.6 is 0 Å². The second kappa shape index (κ2) is 19.9. The Morgan fingerprint density at radius 1 is 0.492 bits per heavy atom. The van der Waals surface area contributed by atoms with Gasteiger partial charge in [0.05, 0.1) is 0 Å². The molecule has 5 aliphatic rings. The maximum atomic E-state index is 2.44. The van der Waals surface area contributed by atoms with Gasteiger partial charge in [-0.3, -0.25) is 0 Å². The van der Waals surface area contributed by atoms with Gasteiger partial charge < -0.3 is 0 Å². The predicted molar refractivity (Wildman–Crippen MR) is 270 cm³/mol. The molecule has 4 fully saturated rings. The Labute approximate surface area is 393 Å². The molecule has 0 aliphatic heterocycles. The van der Waals surface area contributed by atoms with Crippen LogP contribution in [-0.4, -0.2) is 0 Å². The molecule has 4 saturated carbocycles. The molecule has 11 rings (SSSR count). The highest BCUT2D eigenvalue weighted by molar-refractivity contribution is 5.68. The molecule has 3 aromatic carbocycles. The van der Waals surface area contributed by atoms with E-state index in [1.54, 1.807) is 16.7 Å². The molecule has 0 saturated heterocycles. The SMILES string of the molecule is CC(C)Cc1cccc(-c2ccc(C3CC3C)[n+](C)c2)c1.CC1CC1c1ccc(-c2cccc(C3CCCCC3)c2)c[n+]1C.CC1CC1c1ccc(-c2cccc3c2CCCC3)c[n+]1C. The van der Waals surface area contributed by atoms with Gasteiger partial charge in [-0.15, -0.1) is 0 Å². The van der Waals surface area contributed by atoms with Crippen molar-refractivity contribution in [1.29, 1.82) is 0 Å². The molecule has 6 unspecified atom stereocenters. The van der Waals surface area contributed by atoms with E-state index in [4.69, 9.17) is 0 Å². The van der Waals surface area contributed by atoms with Crippen LogP contribution in [-0.2, 0) is 40.4 Å². The standard InChI is InChI=1S/C22H28N.C20H24N.C20H26N/c1-16-13-21(16)22-12-11-20(15-23(22)2)19-10-6-9-18(14-19)17-7-4-3-5-8-17;1-14-12-19(14)20-11-10-16(13-21(20)2)18-9-5-7-15-6-3-4-8-17(15)18;1-14(2)10-16-6-5-7-17(12-16)18-8-9-20(21(4)13-18)19-11-15(19)3/h6,9-12,14-17,21H,3-5,7-8,13H2,1-2H3;5,7,9-11,13-14,19H,3-4,6,8,12H2,1-2H3;5-9,12-15,19H,10-11H2,1-4H3/q3*+1. The third kappa shape index (κ3) is 10.9. The number of hydrogen-bond donors (Lipinski definition) is 0. The first-order chi connectivity index (χ1) is 31.5. The van der Waals surface area contributed by atoms with Crippen LogP contribution in [0.15, 0.2) is 122 Å². The number of fused-ring (bicyclic) bond motifs is 1. The number of nitrogens with zero attached hydrogens (tertiary/aromatic N) is 3. The topological polar surface area (TPSA) is 11.6 Å². The van der Waals surface area contributed by atoms with E-state index >= 15 is 0 Å². The van der Waals surface area contributed by atoms with Crippen molar-refractivity contribution in [2.45, 2.75) is 142 Å². The second-order valence-electron chi connectivity index (χ2n) is 21.7. The quantitative estimate of drug-likeness (QED) is 0.128. The van der Waals surface area contributed by atoms with Crippen molar-refractivity contribution >= 4 is 0 Å². The molecular formula is C62H78N3+3. The minimum absolute atomic E-state index is 0.704. The highest BCUT2D eigenvalue weighted by Crippen LogP contribution is 2.47. The molecule has 3 heteroatoms. The van der Waals surface area contributed by atoms with E-state index in [0.717, 1.165) is 47.8 Å². The first-order valence-corrected chi connectivity index (χ1v) is 25.8. The Hall–Kier alpha value is -4.89. The van der Waals surface area contributed by atoms with Crippen molar-refractivity contribution in [3.05, 3.63) is 161 Å². The smallest absolute Gasteiger partial charge is 0.184 e. The van der Waals surface area contributed by atoms with Gasteiger partial charge in [0.2, 0.25) is 0 Å². The predicted octanol–water partition coefficient (Wildman–Crippen LogP) is 14.0. The van der Waals surface area contributed by atoms with Crippen LogP contribution < -0.4 is 13.7 Å². The Kier molecular flexibility index (Phi) is 13.9. The first kappa shape index (κ1) is 45.3. The van der Waals surface area contributed by atoms with Gasteiger partial charge in [-0.1, -0.05) is 121 Å². The van der Waals surface area contributed by atoms with Gasteiger partial charge in [0.15, 0.2) is 35.7 Å². The third-order valence-corrected chi connectivity index (χ3v) is 15.9. The summed E-state index contributed by atoms with van der Waals surface area (Å²) >= 11 is 0. The van der Waals surface area contributed by atoms with E-state index in [-0.39, 0.29) is 0 Å². The molecule has 6 aromatic rings. The monoisotopic (exact) mass is 865 g/mol. The maximum absolute atomic E-state index is 2.44. The summed E-state index contributed by atoms with van der Waals surface area (Å²) in [7, 11) is 6.59. The van der Waals surface area contributed by atoms with E-state index in [1.165, 1.54) is 133 Å². The van der Waals surface area contributed by atoms with Gasteiger partial charge >= 0.3 is 0 Å². The van der Waals surface area contributed by atoms with E-state index < -0.39 is 0 Å². The number of pyridine rings is 3. The molecule has 3 heterocycles. The summed E-state index contributed by atoms with van der Waals surface area (Å²) in [5.74, 6) is 6.41. The number of hydrogen-bond acceptors (Lipinski definition) is 0. The highest BCUT2D eigenvalue weighted by Gasteiger charge is 2.41. The van der Waals surface area contributed by atoms with Gasteiger partial charge in [-0.05, 0) is 151 Å². The van der Waals surface area contributed by atoms with Gasteiger partial charge in [-0.25, -0.2) is 13.7 Å². The summed E-state index contributed by atoms with van der Waals surface area (Å²) in [5, 5.41) is 0. The molecule has 3 aromatic heterocycles. The Morgan fingerprint density at radius 2 is 0.985 bits per heavy atom. The second-order valence-corrected chi connectivity index (χ2v) is 21.7. The molecule has 3 nitrogen and oxygen atoms in total. The zero-order valence-electron chi connectivity index (χ0n) is 41.2. The van der Waals surface area contributed by atoms with Crippen molar-refractivity contribution in [3.8, 4) is 33.4 Å². The van der Waals surface area contributed by atoms with Crippen LogP contribution in [0.4, 0.5) is 0 Å². The molecule has 5 aliphatic carbocycles. The molecule has 338 valence electrons. The number of aryl methyl sites for hydroxylation is 4. The lowest BCUT2D eigenvalue weighted by Gasteiger charge is -2.22. The molecular weight excluding hydrogens is 787 g/mol. The number of benzene rings is 3. The molecule has 0 bridgehead atoms. The van der Waals surface area contributed by atoms with Crippen molar-refractivity contribution in [2.75, 3.05) is 0 Å². The van der Waals surface area contributed by atoms with Crippen molar-refractivity contribution in [3.63, 3.8) is 0 Å². The molecule has 0 N–H and O–H groups in total. The zero-order chi connectivity index (χ0) is 45.2. The fourth-order valence-corrected chi connectivity index (χ4v) is 11.5. The Bertz CT molecular complexity index is 2590. The summed E-state index contributed by atoms with van der Waals surface area (Å²) in [6.07, 6.45) is 24.3. The van der Waals surface area contributed by atoms with Crippen LogP contribution in [0.1, 0.15) is 162 Å². The summed E-state index contributed by atoms with van der Waals surface area (Å²) in [4.78, 5) is 0. The van der Waals surface area contributed by atoms with E-state index in [2.05, 4.69) is 191 Å². The lowest BCUT2D eigenvalue weighted by Crippen LogP contribution is -2.33. The fourth-order valence-electron chi connectivity index (χ4n) is 11.5. The summed E-state index contributed by atoms with van der Waals surface area (Å²) in [6.45, 7) is 11.6. The molecule has 65 heavy (non-hydrogen) atoms. The lowest BCUT2D eigenvalue weighted by molar-refractivity contribution is -0.679. The van der Waals surface area contributed by atoms with Crippen LogP contribution in [0.25, 0.3) is 33.4 Å². The molecule has 0 amide bonds. The van der Waals surface area contributed by atoms with Crippen molar-refractivity contribution < 1.29 is 13.7 Å². The summed E-state index contributed by atoms with van der Waals surface area (Å²) < 4.78 is 7.02. The molecule has 0 radical (unpaired) electrons. The lowest BCUT2D eigenvalue weighted by atomic mass is 9.83. The van der Waals surface area contributed by atoms with E-state index in [0.29, 0.717) is 5.92 Å². The number of rotatable bonds is 9. The van der Waals surface area contributed by atoms with Crippen LogP contribution in [0.5, 0.6) is 0 Å². The largest absolute Gasteiger partial charge is 0.204 e. The van der Waals surface area contributed by atoms with E-state index in [1.807, 2.05) is 0 Å². The Morgan fingerprint density at radius 3 is 1.52 bits per heavy atom. The zero-order valence-corrected chi connectivity index (χ0v) is 41.2. The van der Waals surface area contributed by atoms with Gasteiger partial charge in [-0.2, -0.15) is 0 Å². The minimum Gasteiger partial charge on any atom is -0.204 e. The van der Waals surface area contributed by atoms with Crippen LogP contribution in [0, 0.1) is 23.7 Å². The molecule has 0 spiro atoms. The van der Waals surface area contributed by atoms with Crippen LogP contribution in [0.3, 0.4) is 0 Å². The average Bonchev–Trinajstić information content (AvgIpc) is 4.29. The maximum Gasteiger partial charge on any atom is 0.184 e. The van der Waals surface area contributed by atoms with E-state index in [9.17, 15) is 0 Å². The Balaban J connectivity index is 0.000000123. The van der Waals surface area contributed by atoms with Crippen molar-refractivity contribution in [2.24, 2.45) is 44.8 Å².